The van der Waals surface area contributed by atoms with Crippen LogP contribution in [0.3, 0.4) is 0 Å². The van der Waals surface area contributed by atoms with Crippen LogP contribution < -0.4 is 17.0 Å². The topological polar surface area (TPSA) is 90.0 Å². The van der Waals surface area contributed by atoms with Gasteiger partial charge in [-0.15, -0.1) is 0 Å². The highest BCUT2D eigenvalue weighted by Crippen LogP contribution is 2.11. The number of rotatable bonds is 3. The van der Waals surface area contributed by atoms with E-state index in [9.17, 15) is 14.0 Å². The summed E-state index contributed by atoms with van der Waals surface area (Å²) in [6, 6.07) is 5.38. The molecule has 0 bridgehead atoms. The van der Waals surface area contributed by atoms with Crippen LogP contribution in [-0.4, -0.2) is 15.5 Å². The van der Waals surface area contributed by atoms with Crippen molar-refractivity contribution in [3.63, 3.8) is 0 Å². The maximum absolute atomic E-state index is 13.7. The molecule has 1 aromatic heterocycles. The number of amides is 1. The number of nitrogen functional groups attached to an aromatic ring is 1. The molecule has 7 heteroatoms. The summed E-state index contributed by atoms with van der Waals surface area (Å²) in [6.07, 6.45) is 2.85. The minimum atomic E-state index is -0.528. The van der Waals surface area contributed by atoms with Crippen molar-refractivity contribution in [2.45, 2.75) is 6.54 Å². The van der Waals surface area contributed by atoms with Crippen molar-refractivity contribution in [2.24, 2.45) is 5.84 Å². The van der Waals surface area contributed by atoms with Crippen LogP contribution in [-0.2, 0) is 6.54 Å². The molecule has 0 atom stereocenters. The molecule has 19 heavy (non-hydrogen) atoms. The first kappa shape index (κ1) is 12.9. The average molecular weight is 262 g/mol. The van der Waals surface area contributed by atoms with Crippen molar-refractivity contribution in [2.75, 3.05) is 0 Å². The number of halogens is 1. The normalized spacial score (nSPS) is 10.2. The van der Waals surface area contributed by atoms with E-state index in [0.29, 0.717) is 0 Å². The van der Waals surface area contributed by atoms with Crippen LogP contribution in [0, 0.1) is 5.82 Å². The van der Waals surface area contributed by atoms with Crippen LogP contribution in [0.1, 0.15) is 15.9 Å². The van der Waals surface area contributed by atoms with E-state index in [0.717, 1.165) is 6.07 Å². The molecule has 0 aliphatic carbocycles. The van der Waals surface area contributed by atoms with Crippen LogP contribution in [0.25, 0.3) is 0 Å². The molecule has 0 aliphatic heterocycles. The first-order valence-electron chi connectivity index (χ1n) is 5.42. The number of nitrogens with one attached hydrogen (secondary N) is 1. The third-order valence-corrected chi connectivity index (χ3v) is 2.56. The van der Waals surface area contributed by atoms with Crippen molar-refractivity contribution in [1.29, 1.82) is 0 Å². The first-order valence-corrected chi connectivity index (χ1v) is 5.42. The molecule has 6 nitrogen and oxygen atoms in total. The predicted octanol–water partition coefficient (Wildman–Crippen LogP) is 0.0342. The molecule has 0 saturated carbocycles. The van der Waals surface area contributed by atoms with Gasteiger partial charge in [0.1, 0.15) is 5.82 Å². The summed E-state index contributed by atoms with van der Waals surface area (Å²) in [7, 11) is 0. The van der Waals surface area contributed by atoms with E-state index >= 15 is 0 Å². The summed E-state index contributed by atoms with van der Waals surface area (Å²) in [5.74, 6) is 3.97. The Hall–Kier alpha value is -2.54. The molecule has 2 aromatic rings. The van der Waals surface area contributed by atoms with Gasteiger partial charge < -0.3 is 0 Å². The molecule has 0 spiro atoms. The van der Waals surface area contributed by atoms with Gasteiger partial charge in [0.25, 0.3) is 5.91 Å². The lowest BCUT2D eigenvalue weighted by Crippen LogP contribution is -2.30. The SMILES string of the molecule is NNC(=O)c1ccc(F)c(Cn2cccnc2=O)c1. The quantitative estimate of drug-likeness (QED) is 0.464. The highest BCUT2D eigenvalue weighted by atomic mass is 19.1. The maximum Gasteiger partial charge on any atom is 0.347 e. The molecule has 0 saturated heterocycles. The number of hydrogen-bond acceptors (Lipinski definition) is 4. The second kappa shape index (κ2) is 5.40. The minimum absolute atomic E-state index is 0.00972. The molecule has 0 unspecified atom stereocenters. The summed E-state index contributed by atoms with van der Waals surface area (Å²) in [6.45, 7) is -0.00972. The Kier molecular flexibility index (Phi) is 3.67. The molecular weight excluding hydrogens is 251 g/mol. The van der Waals surface area contributed by atoms with Crippen molar-refractivity contribution in [3.05, 3.63) is 64.1 Å². The lowest BCUT2D eigenvalue weighted by Gasteiger charge is -2.07. The molecule has 3 N–H and O–H groups in total. The number of nitrogens with zero attached hydrogens (tertiary/aromatic N) is 2. The van der Waals surface area contributed by atoms with Gasteiger partial charge >= 0.3 is 5.69 Å². The first-order chi connectivity index (χ1) is 9.11. The average Bonchev–Trinajstić information content (AvgIpc) is 2.42. The van der Waals surface area contributed by atoms with Crippen LogP contribution in [0.15, 0.2) is 41.5 Å². The molecule has 1 amide bonds. The fraction of sp³-hybridized carbons (Fsp3) is 0.0833. The van der Waals surface area contributed by atoms with E-state index in [1.54, 1.807) is 6.07 Å². The van der Waals surface area contributed by atoms with E-state index in [1.165, 1.54) is 29.1 Å². The van der Waals surface area contributed by atoms with E-state index in [-0.39, 0.29) is 17.7 Å². The van der Waals surface area contributed by atoms with Gasteiger partial charge in [-0.2, -0.15) is 0 Å². The Morgan fingerprint density at radius 2 is 2.26 bits per heavy atom. The number of aromatic nitrogens is 2. The highest BCUT2D eigenvalue weighted by Gasteiger charge is 2.09. The highest BCUT2D eigenvalue weighted by molar-refractivity contribution is 5.93. The Balaban J connectivity index is 2.37. The third kappa shape index (κ3) is 2.83. The molecule has 2 rings (SSSR count). The van der Waals surface area contributed by atoms with Gasteiger partial charge in [-0.3, -0.25) is 14.8 Å². The van der Waals surface area contributed by atoms with Crippen molar-refractivity contribution in [1.82, 2.24) is 15.0 Å². The summed E-state index contributed by atoms with van der Waals surface area (Å²) < 4.78 is 14.9. The zero-order valence-electron chi connectivity index (χ0n) is 9.84. The Labute approximate surface area is 107 Å². The smallest absolute Gasteiger partial charge is 0.295 e. The fourth-order valence-electron chi connectivity index (χ4n) is 1.61. The number of hydrazine groups is 1. The number of carbonyl (C=O) groups excluding carboxylic acids is 1. The van der Waals surface area contributed by atoms with E-state index < -0.39 is 17.4 Å². The van der Waals surface area contributed by atoms with Crippen LogP contribution in [0.4, 0.5) is 4.39 Å². The number of hydrogen-bond donors (Lipinski definition) is 2. The van der Waals surface area contributed by atoms with E-state index in [2.05, 4.69) is 4.98 Å². The van der Waals surface area contributed by atoms with Gasteiger partial charge in [-0.1, -0.05) is 0 Å². The Morgan fingerprint density at radius 3 is 2.95 bits per heavy atom. The molecule has 1 aromatic carbocycles. The largest absolute Gasteiger partial charge is 0.347 e. The van der Waals surface area contributed by atoms with Gasteiger partial charge in [0.15, 0.2) is 0 Å². The second-order valence-corrected chi connectivity index (χ2v) is 3.81. The van der Waals surface area contributed by atoms with Crippen molar-refractivity contribution in [3.8, 4) is 0 Å². The van der Waals surface area contributed by atoms with Crippen LogP contribution in [0.2, 0.25) is 0 Å². The van der Waals surface area contributed by atoms with Gasteiger partial charge in [0.05, 0.1) is 6.54 Å². The number of carbonyl (C=O) groups is 1. The molecular formula is C12H11FN4O2. The summed E-state index contributed by atoms with van der Waals surface area (Å²) in [4.78, 5) is 26.4. The Bertz CT molecular complexity index is 669. The van der Waals surface area contributed by atoms with E-state index in [1.807, 2.05) is 5.43 Å². The lowest BCUT2D eigenvalue weighted by atomic mass is 10.1. The third-order valence-electron chi connectivity index (χ3n) is 2.56. The van der Waals surface area contributed by atoms with Gasteiger partial charge in [0, 0.05) is 23.5 Å². The fourth-order valence-corrected chi connectivity index (χ4v) is 1.61. The van der Waals surface area contributed by atoms with E-state index in [4.69, 9.17) is 5.84 Å². The van der Waals surface area contributed by atoms with Crippen molar-refractivity contribution >= 4 is 5.91 Å². The van der Waals surface area contributed by atoms with Gasteiger partial charge in [-0.05, 0) is 24.3 Å². The van der Waals surface area contributed by atoms with Crippen molar-refractivity contribution < 1.29 is 9.18 Å². The number of nitrogens with two attached hydrogens (primary N) is 1. The zero-order valence-corrected chi connectivity index (χ0v) is 9.84. The minimum Gasteiger partial charge on any atom is -0.295 e. The number of benzene rings is 1. The predicted molar refractivity (Wildman–Crippen MR) is 65.7 cm³/mol. The standard InChI is InChI=1S/C12H11FN4O2/c13-10-3-2-8(11(18)16-14)6-9(10)7-17-5-1-4-15-12(17)19/h1-6H,7,14H2,(H,16,18). The van der Waals surface area contributed by atoms with Gasteiger partial charge in [0.2, 0.25) is 0 Å². The molecule has 0 fully saturated rings. The summed E-state index contributed by atoms with van der Waals surface area (Å²) in [5, 5.41) is 0. The zero-order chi connectivity index (χ0) is 13.8. The van der Waals surface area contributed by atoms with Crippen LogP contribution in [0.5, 0.6) is 0 Å². The summed E-state index contributed by atoms with van der Waals surface area (Å²) in [5.41, 5.74) is 1.89. The molecule has 1 heterocycles. The Morgan fingerprint density at radius 1 is 1.47 bits per heavy atom. The lowest BCUT2D eigenvalue weighted by molar-refractivity contribution is 0.0953. The van der Waals surface area contributed by atoms with Crippen LogP contribution >= 0.6 is 0 Å². The summed E-state index contributed by atoms with van der Waals surface area (Å²) >= 11 is 0. The maximum atomic E-state index is 13.7. The molecule has 98 valence electrons. The van der Waals surface area contributed by atoms with Gasteiger partial charge in [-0.25, -0.2) is 20.0 Å². The molecule has 0 radical (unpaired) electrons. The molecule has 0 aliphatic rings. The second-order valence-electron chi connectivity index (χ2n) is 3.81. The monoisotopic (exact) mass is 262 g/mol.